The molecule has 4 rings (SSSR count). The van der Waals surface area contributed by atoms with Crippen LogP contribution in [0.5, 0.6) is 0 Å². The molecule has 0 spiro atoms. The molecule has 4 aromatic rings. The number of unbranched alkanes of at least 4 members (excludes halogenated alkanes) is 2. The minimum Gasteiger partial charge on any atom is -1.00 e. The van der Waals surface area contributed by atoms with Gasteiger partial charge in [0.2, 0.25) is 0 Å². The average molecular weight is 459 g/mol. The van der Waals surface area contributed by atoms with E-state index >= 15 is 0 Å². The lowest BCUT2D eigenvalue weighted by molar-refractivity contribution is -0.00000618. The second-order valence-electron chi connectivity index (χ2n) is 8.25. The molecule has 0 unspecified atom stereocenters. The summed E-state index contributed by atoms with van der Waals surface area (Å²) < 4.78 is 0. The molecule has 0 amide bonds. The minimum atomic E-state index is -1.82. The van der Waals surface area contributed by atoms with Crippen molar-refractivity contribution in [2.24, 2.45) is 0 Å². The van der Waals surface area contributed by atoms with Gasteiger partial charge in [-0.2, -0.15) is 0 Å². The summed E-state index contributed by atoms with van der Waals surface area (Å²) in [7, 11) is -1.82. The lowest BCUT2D eigenvalue weighted by Gasteiger charge is -2.28. The third kappa shape index (κ3) is 5.50. The van der Waals surface area contributed by atoms with Gasteiger partial charge in [0.05, 0.1) is 6.16 Å². The summed E-state index contributed by atoms with van der Waals surface area (Å²) in [5.41, 5.74) is 2.88. The summed E-state index contributed by atoms with van der Waals surface area (Å²) in [6.07, 6.45) is 6.10. The van der Waals surface area contributed by atoms with Gasteiger partial charge in [0.1, 0.15) is 23.2 Å². The van der Waals surface area contributed by atoms with E-state index in [1.807, 2.05) is 0 Å². The van der Waals surface area contributed by atoms with Gasteiger partial charge < -0.3 is 12.4 Å². The number of aryl methyl sites for hydroxylation is 1. The second kappa shape index (κ2) is 12.0. The Balaban J connectivity index is 0.00000289. The molecule has 0 nitrogen and oxygen atoms in total. The zero-order chi connectivity index (χ0) is 21.4. The first kappa shape index (κ1) is 24.2. The number of benzene rings is 4. The van der Waals surface area contributed by atoms with Crippen LogP contribution < -0.4 is 28.3 Å². The molecule has 0 aliphatic heterocycles. The van der Waals surface area contributed by atoms with Crippen LogP contribution in [0, 0.1) is 0 Å². The van der Waals surface area contributed by atoms with Crippen LogP contribution in [0.3, 0.4) is 0 Å². The Labute approximate surface area is 200 Å². The Kier molecular flexibility index (Phi) is 9.10. The zero-order valence-electron chi connectivity index (χ0n) is 18.8. The summed E-state index contributed by atoms with van der Waals surface area (Å²) in [6.45, 7) is 2.27. The molecule has 0 fully saturated rings. The normalized spacial score (nSPS) is 11.0. The Bertz CT molecular complexity index is 948. The van der Waals surface area contributed by atoms with Gasteiger partial charge in [-0.05, 0) is 60.4 Å². The van der Waals surface area contributed by atoms with Crippen LogP contribution >= 0.6 is 7.26 Å². The van der Waals surface area contributed by atoms with Crippen molar-refractivity contribution in [3.63, 3.8) is 0 Å². The molecule has 2 heteroatoms. The SMILES string of the molecule is CCCCCc1ccc(C[P+](c2ccccc2)(c2ccccc2)c2ccccc2)cc1.[Cl-]. The maximum atomic E-state index is 2.37. The largest absolute Gasteiger partial charge is 1.00 e. The third-order valence-corrected chi connectivity index (χ3v) is 10.5. The molecule has 0 saturated carbocycles. The highest BCUT2D eigenvalue weighted by Crippen LogP contribution is 2.58. The molecule has 0 aliphatic carbocycles. The van der Waals surface area contributed by atoms with Crippen molar-refractivity contribution in [2.45, 2.75) is 38.8 Å². The first-order chi connectivity index (χ1) is 15.3. The summed E-state index contributed by atoms with van der Waals surface area (Å²) in [5, 5.41) is 4.33. The molecule has 0 bridgehead atoms. The fraction of sp³-hybridized carbons (Fsp3) is 0.200. The quantitative estimate of drug-likeness (QED) is 0.263. The Morgan fingerprint density at radius 3 is 1.31 bits per heavy atom. The van der Waals surface area contributed by atoms with E-state index in [1.54, 1.807) is 0 Å². The number of hydrogen-bond donors (Lipinski definition) is 0. The van der Waals surface area contributed by atoms with Crippen LogP contribution in [0.15, 0.2) is 115 Å². The van der Waals surface area contributed by atoms with E-state index in [1.165, 1.54) is 52.7 Å². The average Bonchev–Trinajstić information content (AvgIpc) is 2.85. The molecule has 0 N–H and O–H groups in total. The number of halogens is 1. The van der Waals surface area contributed by atoms with Gasteiger partial charge in [-0.25, -0.2) is 0 Å². The molecular weight excluding hydrogens is 427 g/mol. The molecule has 0 radical (unpaired) electrons. The van der Waals surface area contributed by atoms with E-state index in [0.29, 0.717) is 0 Å². The fourth-order valence-corrected chi connectivity index (χ4v) is 8.68. The van der Waals surface area contributed by atoms with E-state index < -0.39 is 7.26 Å². The van der Waals surface area contributed by atoms with Gasteiger partial charge in [-0.15, -0.1) is 0 Å². The van der Waals surface area contributed by atoms with Crippen LogP contribution in [0.4, 0.5) is 0 Å². The monoisotopic (exact) mass is 458 g/mol. The summed E-state index contributed by atoms with van der Waals surface area (Å²) >= 11 is 0. The topological polar surface area (TPSA) is 0 Å². The van der Waals surface area contributed by atoms with Gasteiger partial charge in [-0.3, -0.25) is 0 Å². The molecule has 0 aliphatic rings. The number of rotatable bonds is 9. The highest BCUT2D eigenvalue weighted by molar-refractivity contribution is 7.95. The summed E-state index contributed by atoms with van der Waals surface area (Å²) in [6, 6.07) is 42.9. The maximum absolute atomic E-state index is 2.37. The van der Waals surface area contributed by atoms with Crippen molar-refractivity contribution in [3.8, 4) is 0 Å². The van der Waals surface area contributed by atoms with Crippen molar-refractivity contribution in [1.82, 2.24) is 0 Å². The maximum Gasteiger partial charge on any atom is 0.116 e. The third-order valence-electron chi connectivity index (χ3n) is 6.10. The molecular formula is C30H32ClP. The van der Waals surface area contributed by atoms with Gasteiger partial charge in [0.25, 0.3) is 0 Å². The molecule has 0 aromatic heterocycles. The summed E-state index contributed by atoms with van der Waals surface area (Å²) in [4.78, 5) is 0. The van der Waals surface area contributed by atoms with E-state index in [0.717, 1.165) is 6.16 Å². The molecule has 0 saturated heterocycles. The summed E-state index contributed by atoms with van der Waals surface area (Å²) in [5.74, 6) is 0. The van der Waals surface area contributed by atoms with Crippen molar-refractivity contribution < 1.29 is 12.4 Å². The van der Waals surface area contributed by atoms with Crippen molar-refractivity contribution >= 4 is 23.2 Å². The van der Waals surface area contributed by atoms with E-state index in [9.17, 15) is 0 Å². The molecule has 32 heavy (non-hydrogen) atoms. The highest BCUT2D eigenvalue weighted by atomic mass is 35.5. The standard InChI is InChI=1S/C30H32P.ClH/c1-2-3-7-14-26-21-23-27(24-22-26)25-31(28-15-8-4-9-16-28,29-17-10-5-11-18-29)30-19-12-6-13-20-30;/h4-6,8-13,15-24H,2-3,7,14,25H2,1H3;1H/q+1;/p-1. The van der Waals surface area contributed by atoms with Crippen molar-refractivity contribution in [3.05, 3.63) is 126 Å². The number of hydrogen-bond acceptors (Lipinski definition) is 0. The van der Waals surface area contributed by atoms with Crippen LogP contribution in [0.2, 0.25) is 0 Å². The minimum absolute atomic E-state index is 0. The van der Waals surface area contributed by atoms with Gasteiger partial charge in [-0.1, -0.05) is 98.6 Å². The van der Waals surface area contributed by atoms with Crippen molar-refractivity contribution in [2.75, 3.05) is 0 Å². The first-order valence-corrected chi connectivity index (χ1v) is 13.4. The Morgan fingerprint density at radius 2 is 0.906 bits per heavy atom. The molecule has 0 heterocycles. The van der Waals surface area contributed by atoms with Crippen molar-refractivity contribution in [1.29, 1.82) is 0 Å². The predicted molar refractivity (Wildman–Crippen MR) is 139 cm³/mol. The Morgan fingerprint density at radius 1 is 0.500 bits per heavy atom. The van der Waals surface area contributed by atoms with Gasteiger partial charge in [0.15, 0.2) is 0 Å². The molecule has 4 aromatic carbocycles. The van der Waals surface area contributed by atoms with E-state index in [2.05, 4.69) is 122 Å². The van der Waals surface area contributed by atoms with E-state index in [-0.39, 0.29) is 12.4 Å². The van der Waals surface area contributed by atoms with Crippen LogP contribution in [-0.4, -0.2) is 0 Å². The lowest BCUT2D eigenvalue weighted by atomic mass is 10.1. The second-order valence-corrected chi connectivity index (χ2v) is 11.7. The van der Waals surface area contributed by atoms with Gasteiger partial charge in [0, 0.05) is 0 Å². The van der Waals surface area contributed by atoms with Crippen LogP contribution in [-0.2, 0) is 12.6 Å². The van der Waals surface area contributed by atoms with Gasteiger partial charge >= 0.3 is 0 Å². The molecule has 164 valence electrons. The van der Waals surface area contributed by atoms with E-state index in [4.69, 9.17) is 0 Å². The van der Waals surface area contributed by atoms with Crippen LogP contribution in [0.25, 0.3) is 0 Å². The fourth-order valence-electron chi connectivity index (χ4n) is 4.43. The smallest absolute Gasteiger partial charge is 0.116 e. The predicted octanol–water partition coefficient (Wildman–Crippen LogP) is 3.92. The molecule has 0 atom stereocenters. The van der Waals surface area contributed by atoms with Crippen LogP contribution in [0.1, 0.15) is 37.3 Å². The lowest BCUT2D eigenvalue weighted by Crippen LogP contribution is -3.00. The first-order valence-electron chi connectivity index (χ1n) is 11.5. The zero-order valence-corrected chi connectivity index (χ0v) is 20.5. The Hall–Kier alpha value is -2.40. The highest BCUT2D eigenvalue weighted by Gasteiger charge is 2.45.